The summed E-state index contributed by atoms with van der Waals surface area (Å²) < 4.78 is 0. The van der Waals surface area contributed by atoms with Crippen LogP contribution in [-0.2, 0) is 0 Å². The minimum absolute atomic E-state index is 0.0528. The van der Waals surface area contributed by atoms with Crippen LogP contribution < -0.4 is 10.2 Å². The number of nitro benzene ring substituents is 1. The molecule has 0 aromatic heterocycles. The molecule has 2 rings (SSSR count). The number of hydrogen-bond acceptors (Lipinski definition) is 5. The Balaban J connectivity index is 2.29. The van der Waals surface area contributed by atoms with Crippen LogP contribution in [0.1, 0.15) is 30.6 Å². The molecule has 2 N–H and O–H groups in total. The van der Waals surface area contributed by atoms with Gasteiger partial charge in [-0.25, -0.2) is 0 Å². The largest absolute Gasteiger partial charge is 0.395 e. The maximum absolute atomic E-state index is 11.9. The van der Waals surface area contributed by atoms with Crippen molar-refractivity contribution in [1.29, 1.82) is 0 Å². The van der Waals surface area contributed by atoms with Gasteiger partial charge < -0.3 is 15.3 Å². The summed E-state index contributed by atoms with van der Waals surface area (Å²) in [6.45, 7) is 5.80. The predicted molar refractivity (Wildman–Crippen MR) is 87.7 cm³/mol. The molecule has 2 atom stereocenters. The number of amides is 1. The summed E-state index contributed by atoms with van der Waals surface area (Å²) in [7, 11) is 0. The molecule has 1 amide bonds. The molecule has 1 aliphatic heterocycles. The zero-order valence-electron chi connectivity index (χ0n) is 13.5. The summed E-state index contributed by atoms with van der Waals surface area (Å²) in [6.07, 6.45) is 1.12. The normalized spacial score (nSPS) is 21.1. The third kappa shape index (κ3) is 4.19. The monoisotopic (exact) mass is 321 g/mol. The third-order valence-corrected chi connectivity index (χ3v) is 4.04. The Morgan fingerprint density at radius 1 is 1.39 bits per heavy atom. The number of nitrogens with one attached hydrogen (secondary N) is 1. The number of nitrogens with zero attached hydrogens (tertiary/aromatic N) is 2. The lowest BCUT2D eigenvalue weighted by molar-refractivity contribution is -0.384. The molecule has 7 nitrogen and oxygen atoms in total. The van der Waals surface area contributed by atoms with E-state index in [1.54, 1.807) is 12.1 Å². The van der Waals surface area contributed by atoms with Gasteiger partial charge in [-0.3, -0.25) is 14.9 Å². The average molecular weight is 321 g/mol. The fourth-order valence-electron chi connectivity index (χ4n) is 3.21. The summed E-state index contributed by atoms with van der Waals surface area (Å²) in [5.74, 6) is 0.533. The molecular weight excluding hydrogens is 298 g/mol. The number of carbonyl (C=O) groups excluding carboxylic acids is 1. The highest BCUT2D eigenvalue weighted by Crippen LogP contribution is 2.33. The van der Waals surface area contributed by atoms with E-state index < -0.39 is 10.8 Å². The summed E-state index contributed by atoms with van der Waals surface area (Å²) in [5.41, 5.74) is 0.738. The average Bonchev–Trinajstić information content (AvgIpc) is 2.51. The summed E-state index contributed by atoms with van der Waals surface area (Å²) in [4.78, 5) is 24.9. The van der Waals surface area contributed by atoms with Crippen LogP contribution in [0.15, 0.2) is 18.2 Å². The Hall–Kier alpha value is -2.15. The highest BCUT2D eigenvalue weighted by atomic mass is 16.6. The first-order chi connectivity index (χ1) is 10.9. The maximum Gasteiger partial charge on any atom is 0.293 e. The van der Waals surface area contributed by atoms with E-state index in [-0.39, 0.29) is 24.4 Å². The molecule has 126 valence electrons. The lowest BCUT2D eigenvalue weighted by atomic mass is 9.91. The Morgan fingerprint density at radius 3 is 2.61 bits per heavy atom. The molecule has 1 saturated heterocycles. The van der Waals surface area contributed by atoms with E-state index in [9.17, 15) is 14.9 Å². The quantitative estimate of drug-likeness (QED) is 0.637. The van der Waals surface area contributed by atoms with Crippen molar-refractivity contribution in [2.75, 3.05) is 31.1 Å². The van der Waals surface area contributed by atoms with Crippen LogP contribution in [0.2, 0.25) is 0 Å². The third-order valence-electron chi connectivity index (χ3n) is 4.04. The number of piperidine rings is 1. The molecule has 0 radical (unpaired) electrons. The molecule has 1 aromatic rings. The standard InChI is InChI=1S/C16H23N3O4/c1-11-7-12(2)10-18(9-11)14-4-3-13(8-15(14)19(22)23)16(21)17-5-6-20/h3-4,8,11-12,20H,5-7,9-10H2,1-2H3,(H,17,21). The van der Waals surface area contributed by atoms with Gasteiger partial charge in [0, 0.05) is 31.3 Å². The molecule has 23 heavy (non-hydrogen) atoms. The minimum Gasteiger partial charge on any atom is -0.395 e. The lowest BCUT2D eigenvalue weighted by Gasteiger charge is -2.36. The number of hydrogen-bond donors (Lipinski definition) is 2. The van der Waals surface area contributed by atoms with Crippen molar-refractivity contribution in [3.05, 3.63) is 33.9 Å². The van der Waals surface area contributed by atoms with E-state index in [0.29, 0.717) is 17.5 Å². The SMILES string of the molecule is CC1CC(C)CN(c2ccc(C(=O)NCCO)cc2[N+](=O)[O-])C1. The highest BCUT2D eigenvalue weighted by molar-refractivity contribution is 5.95. The van der Waals surface area contributed by atoms with Crippen molar-refractivity contribution in [3.63, 3.8) is 0 Å². The van der Waals surface area contributed by atoms with Crippen LogP contribution in [-0.4, -0.2) is 42.2 Å². The molecule has 0 saturated carbocycles. The first-order valence-electron chi connectivity index (χ1n) is 7.84. The Labute approximate surface area is 135 Å². The summed E-state index contributed by atoms with van der Waals surface area (Å²) in [5, 5.41) is 22.7. The number of carbonyl (C=O) groups is 1. The van der Waals surface area contributed by atoms with E-state index in [1.165, 1.54) is 6.07 Å². The second-order valence-corrected chi connectivity index (χ2v) is 6.29. The highest BCUT2D eigenvalue weighted by Gasteiger charge is 2.27. The van der Waals surface area contributed by atoms with Gasteiger partial charge in [0.2, 0.25) is 0 Å². The molecule has 1 aromatic carbocycles. The van der Waals surface area contributed by atoms with Crippen LogP contribution >= 0.6 is 0 Å². The topological polar surface area (TPSA) is 95.7 Å². The Kier molecular flexibility index (Phi) is 5.54. The fourth-order valence-corrected chi connectivity index (χ4v) is 3.21. The molecule has 0 aliphatic carbocycles. The van der Waals surface area contributed by atoms with Gasteiger partial charge in [0.15, 0.2) is 0 Å². The van der Waals surface area contributed by atoms with Crippen molar-refractivity contribution < 1.29 is 14.8 Å². The first kappa shape index (κ1) is 17.2. The van der Waals surface area contributed by atoms with E-state index in [2.05, 4.69) is 19.2 Å². The number of rotatable bonds is 5. The van der Waals surface area contributed by atoms with Gasteiger partial charge >= 0.3 is 0 Å². The smallest absolute Gasteiger partial charge is 0.293 e. The van der Waals surface area contributed by atoms with Gasteiger partial charge in [-0.2, -0.15) is 0 Å². The van der Waals surface area contributed by atoms with E-state index in [0.717, 1.165) is 19.5 Å². The van der Waals surface area contributed by atoms with Crippen molar-refractivity contribution in [1.82, 2.24) is 5.32 Å². The number of benzene rings is 1. The van der Waals surface area contributed by atoms with Crippen LogP contribution in [0.4, 0.5) is 11.4 Å². The second kappa shape index (κ2) is 7.41. The second-order valence-electron chi connectivity index (χ2n) is 6.29. The van der Waals surface area contributed by atoms with Crippen molar-refractivity contribution in [2.24, 2.45) is 11.8 Å². The minimum atomic E-state index is -0.442. The molecule has 0 spiro atoms. The van der Waals surface area contributed by atoms with Crippen LogP contribution in [0.25, 0.3) is 0 Å². The molecule has 2 unspecified atom stereocenters. The number of nitro groups is 1. The molecule has 1 heterocycles. The zero-order valence-corrected chi connectivity index (χ0v) is 13.5. The van der Waals surface area contributed by atoms with Gasteiger partial charge in [0.1, 0.15) is 5.69 Å². The molecule has 7 heteroatoms. The van der Waals surface area contributed by atoms with Crippen molar-refractivity contribution >= 4 is 17.3 Å². The van der Waals surface area contributed by atoms with Gasteiger partial charge in [-0.1, -0.05) is 13.8 Å². The Morgan fingerprint density at radius 2 is 2.04 bits per heavy atom. The summed E-state index contributed by atoms with van der Waals surface area (Å²) in [6, 6.07) is 4.56. The Bertz CT molecular complexity index is 581. The number of aliphatic hydroxyl groups is 1. The van der Waals surface area contributed by atoms with E-state index in [4.69, 9.17) is 5.11 Å². The van der Waals surface area contributed by atoms with Gasteiger partial charge in [0.05, 0.1) is 11.5 Å². The van der Waals surface area contributed by atoms with Crippen LogP contribution in [0, 0.1) is 22.0 Å². The van der Waals surface area contributed by atoms with Crippen LogP contribution in [0.3, 0.4) is 0 Å². The molecule has 1 aliphatic rings. The van der Waals surface area contributed by atoms with Crippen molar-refractivity contribution in [2.45, 2.75) is 20.3 Å². The fraction of sp³-hybridized carbons (Fsp3) is 0.562. The predicted octanol–water partition coefficient (Wildman–Crippen LogP) is 1.80. The van der Waals surface area contributed by atoms with Gasteiger partial charge in [-0.05, 0) is 30.4 Å². The number of aliphatic hydroxyl groups excluding tert-OH is 1. The summed E-state index contributed by atoms with van der Waals surface area (Å²) >= 11 is 0. The first-order valence-corrected chi connectivity index (χ1v) is 7.84. The van der Waals surface area contributed by atoms with Crippen LogP contribution in [0.5, 0.6) is 0 Å². The lowest BCUT2D eigenvalue weighted by Crippen LogP contribution is -2.39. The molecular formula is C16H23N3O4. The molecule has 0 bridgehead atoms. The zero-order chi connectivity index (χ0) is 17.0. The maximum atomic E-state index is 11.9. The van der Waals surface area contributed by atoms with Gasteiger partial charge in [-0.15, -0.1) is 0 Å². The van der Waals surface area contributed by atoms with Gasteiger partial charge in [0.25, 0.3) is 11.6 Å². The van der Waals surface area contributed by atoms with E-state index >= 15 is 0 Å². The van der Waals surface area contributed by atoms with Crippen molar-refractivity contribution in [3.8, 4) is 0 Å². The number of anilines is 1. The van der Waals surface area contributed by atoms with E-state index in [1.807, 2.05) is 4.90 Å². The molecule has 1 fully saturated rings.